The average molecular weight is 799 g/mol. The molecule has 310 valence electrons. The number of unbranched alkanes of at least 4 members (excludes halogenated alkanes) is 16. The van der Waals surface area contributed by atoms with Crippen LogP contribution < -0.4 is 5.73 Å². The van der Waals surface area contributed by atoms with Crippen LogP contribution in [0.4, 0.5) is 10.2 Å². The fourth-order valence-electron chi connectivity index (χ4n) is 6.89. The van der Waals surface area contributed by atoms with Crippen LogP contribution in [0.2, 0.25) is 0 Å². The zero-order valence-corrected chi connectivity index (χ0v) is 34.3. The Labute approximate surface area is 334 Å². The van der Waals surface area contributed by atoms with Gasteiger partial charge in [0.15, 0.2) is 5.82 Å². The summed E-state index contributed by atoms with van der Waals surface area (Å²) in [5.41, 5.74) is 8.34. The molecule has 0 radical (unpaired) electrons. The molecule has 1 aliphatic heterocycles. The predicted octanol–water partition coefficient (Wildman–Crippen LogP) is 10.2. The number of halogens is 1. The third-order valence-electron chi connectivity index (χ3n) is 9.96. The Balaban J connectivity index is 0.00000414. The number of rotatable bonds is 30. The summed E-state index contributed by atoms with van der Waals surface area (Å²) in [7, 11) is -2.20. The first-order chi connectivity index (χ1) is 27.5. The van der Waals surface area contributed by atoms with Gasteiger partial charge in [-0.1, -0.05) is 110 Å². The smallest absolute Gasteiger partial charge is 0.330 e. The molecule has 3 aromatic rings. The Hall–Kier alpha value is -3.26. The van der Waals surface area contributed by atoms with E-state index in [-0.39, 0.29) is 44.2 Å². The number of benzene rings is 1. The zero-order valence-electron chi connectivity index (χ0n) is 33.4. The number of nitrogens with zero attached hydrogens (tertiary/aromatic N) is 5. The van der Waals surface area contributed by atoms with E-state index < -0.39 is 20.5 Å². The highest BCUT2D eigenvalue weighted by Crippen LogP contribution is 2.38. The van der Waals surface area contributed by atoms with E-state index >= 15 is 0 Å². The van der Waals surface area contributed by atoms with E-state index in [0.717, 1.165) is 36.9 Å². The topological polar surface area (TPSA) is 170 Å². The van der Waals surface area contributed by atoms with Gasteiger partial charge < -0.3 is 33.9 Å². The molecule has 4 atom stereocenters. The maximum atomic E-state index is 14.0. The third-order valence-corrected chi connectivity index (χ3v) is 10.7. The first kappa shape index (κ1) is 47.1. The Bertz CT molecular complexity index is 1560. The van der Waals surface area contributed by atoms with Crippen molar-refractivity contribution in [3.63, 3.8) is 0 Å². The van der Waals surface area contributed by atoms with Crippen LogP contribution in [0.25, 0.3) is 5.52 Å². The van der Waals surface area contributed by atoms with Crippen molar-refractivity contribution in [3.05, 3.63) is 59.3 Å². The third kappa shape index (κ3) is 18.3. The molecule has 1 aliphatic rings. The number of fused-ring (bicyclic) bond motifs is 1. The minimum Gasteiger partial charge on any atom is -0.382 e. The first-order valence-electron chi connectivity index (χ1n) is 20.6. The molecule has 12 nitrogen and oxygen atoms in total. The van der Waals surface area contributed by atoms with Gasteiger partial charge >= 0.3 is 8.60 Å². The van der Waals surface area contributed by atoms with Crippen LogP contribution in [-0.2, 0) is 29.9 Å². The van der Waals surface area contributed by atoms with Crippen molar-refractivity contribution < 1.29 is 32.5 Å². The van der Waals surface area contributed by atoms with E-state index in [1.165, 1.54) is 115 Å². The van der Waals surface area contributed by atoms with Crippen molar-refractivity contribution in [3.8, 4) is 12.6 Å². The predicted molar refractivity (Wildman–Crippen MR) is 217 cm³/mol. The average Bonchev–Trinajstić information content (AvgIpc) is 3.87. The van der Waals surface area contributed by atoms with Crippen LogP contribution >= 0.6 is 8.60 Å². The summed E-state index contributed by atoms with van der Waals surface area (Å²) >= 11 is 0. The van der Waals surface area contributed by atoms with Crippen molar-refractivity contribution >= 4 is 19.9 Å². The molecule has 1 saturated heterocycles. The SMILES string of the molecule is C#N.CCCCCCCCCCCCCCCCCCCOCC(COP(O)OCC1CCC(c2ccc3c(N)ncnn23)O1)OCc1cc(F)cc(C#N)c1. The minimum absolute atomic E-state index is 0.0209. The molecule has 4 unspecified atom stereocenters. The lowest BCUT2D eigenvalue weighted by Gasteiger charge is -2.20. The van der Waals surface area contributed by atoms with Gasteiger partial charge in [0, 0.05) is 13.2 Å². The summed E-state index contributed by atoms with van der Waals surface area (Å²) in [6.45, 7) is 6.87. The molecule has 14 heteroatoms. The van der Waals surface area contributed by atoms with Gasteiger partial charge in [-0.05, 0) is 55.2 Å². The molecule has 4 rings (SSSR count). The number of hydrogen-bond acceptors (Lipinski definition) is 11. The number of ether oxygens (including phenoxy) is 3. The van der Waals surface area contributed by atoms with E-state index in [1.54, 1.807) is 10.6 Å². The molecule has 0 spiro atoms. The first-order valence-corrected chi connectivity index (χ1v) is 21.7. The molecule has 0 saturated carbocycles. The second kappa shape index (κ2) is 29.0. The number of anilines is 1. The van der Waals surface area contributed by atoms with Crippen LogP contribution in [0.3, 0.4) is 0 Å². The molecule has 0 amide bonds. The van der Waals surface area contributed by atoms with Crippen molar-refractivity contribution in [2.75, 3.05) is 32.2 Å². The maximum Gasteiger partial charge on any atom is 0.330 e. The molecule has 2 aromatic heterocycles. The van der Waals surface area contributed by atoms with Crippen LogP contribution in [0.5, 0.6) is 0 Å². The summed E-state index contributed by atoms with van der Waals surface area (Å²) in [6.07, 6.45) is 24.4. The monoisotopic (exact) mass is 798 g/mol. The van der Waals surface area contributed by atoms with Crippen molar-refractivity contribution in [2.24, 2.45) is 0 Å². The van der Waals surface area contributed by atoms with Gasteiger partial charge in [0.25, 0.3) is 0 Å². The molecule has 0 bridgehead atoms. The highest BCUT2D eigenvalue weighted by atomic mass is 31.2. The van der Waals surface area contributed by atoms with Crippen LogP contribution in [0.1, 0.15) is 152 Å². The normalized spacial score (nSPS) is 16.4. The van der Waals surface area contributed by atoms with Gasteiger partial charge in [-0.15, -0.1) is 0 Å². The molecule has 1 fully saturated rings. The summed E-state index contributed by atoms with van der Waals surface area (Å²) in [5.74, 6) is -0.0927. The lowest BCUT2D eigenvalue weighted by atomic mass is 10.0. The summed E-state index contributed by atoms with van der Waals surface area (Å²) in [6, 6.07) is 9.89. The van der Waals surface area contributed by atoms with Gasteiger partial charge in [0.2, 0.25) is 0 Å². The van der Waals surface area contributed by atoms with E-state index in [2.05, 4.69) is 23.6 Å². The van der Waals surface area contributed by atoms with Gasteiger partial charge in [0.05, 0.1) is 49.9 Å². The van der Waals surface area contributed by atoms with E-state index in [9.17, 15) is 14.5 Å². The molecular weight excluding hydrogens is 734 g/mol. The molecular formula is C42H64FN6O6P. The number of aromatic nitrogens is 3. The molecule has 0 aliphatic carbocycles. The highest BCUT2D eigenvalue weighted by molar-refractivity contribution is 7.40. The number of hydrogen-bond donors (Lipinski definition) is 2. The standard InChI is InChI=1S/C41H63FN5O6P.CHN/c1-2-3-4-5-6-7-8-9-10-11-12-13-14-15-16-17-18-23-49-29-37(50-28-34-24-33(27-43)25-35(42)26-34)31-52-54(48)51-30-36-19-22-40(53-36)38-20-21-39-41(44)45-32-46-47(38)39;1-2/h20-21,24-26,32,36-37,40,48H,2-19,22-23,28-31H2,1H3,(H2,44,45,46);1H. The molecule has 3 N–H and O–H groups in total. The van der Waals surface area contributed by atoms with Gasteiger partial charge in [-0.2, -0.15) is 10.4 Å². The largest absolute Gasteiger partial charge is 0.382 e. The Kier molecular flexibility index (Phi) is 24.4. The van der Waals surface area contributed by atoms with Gasteiger partial charge in [-0.25, -0.2) is 19.2 Å². The van der Waals surface area contributed by atoms with Gasteiger partial charge in [-0.3, -0.25) is 0 Å². The number of nitrogens with two attached hydrogens (primary N) is 1. The fourth-order valence-corrected chi connectivity index (χ4v) is 7.56. The van der Waals surface area contributed by atoms with Gasteiger partial charge in [0.1, 0.15) is 29.9 Å². The molecule has 1 aromatic carbocycles. The lowest BCUT2D eigenvalue weighted by molar-refractivity contribution is -0.0493. The van der Waals surface area contributed by atoms with Crippen molar-refractivity contribution in [1.82, 2.24) is 14.6 Å². The highest BCUT2D eigenvalue weighted by Gasteiger charge is 2.30. The number of nitrogen functional groups attached to an aromatic ring is 1. The molecule has 56 heavy (non-hydrogen) atoms. The lowest BCUT2D eigenvalue weighted by Crippen LogP contribution is -2.25. The van der Waals surface area contributed by atoms with E-state index in [4.69, 9.17) is 34.3 Å². The zero-order chi connectivity index (χ0) is 40.2. The maximum absolute atomic E-state index is 14.0. The Morgan fingerprint density at radius 3 is 2.21 bits per heavy atom. The fraction of sp³-hybridized carbons (Fsp3) is 0.667. The Morgan fingerprint density at radius 1 is 0.929 bits per heavy atom. The minimum atomic E-state index is -2.20. The van der Waals surface area contributed by atoms with Crippen molar-refractivity contribution in [2.45, 2.75) is 154 Å². The van der Waals surface area contributed by atoms with E-state index in [1.807, 2.05) is 18.2 Å². The summed E-state index contributed by atoms with van der Waals surface area (Å²) in [5, 5.41) is 20.0. The summed E-state index contributed by atoms with van der Waals surface area (Å²) < 4.78 is 45.2. The second-order valence-corrected chi connectivity index (χ2v) is 15.5. The van der Waals surface area contributed by atoms with Crippen molar-refractivity contribution in [1.29, 1.82) is 10.5 Å². The number of nitriles is 2. The molecule has 3 heterocycles. The van der Waals surface area contributed by atoms with Crippen LogP contribution in [-0.4, -0.2) is 58.1 Å². The summed E-state index contributed by atoms with van der Waals surface area (Å²) in [4.78, 5) is 14.6. The van der Waals surface area contributed by atoms with E-state index in [0.29, 0.717) is 18.0 Å². The van der Waals surface area contributed by atoms with Crippen LogP contribution in [0.15, 0.2) is 36.7 Å². The Morgan fingerprint density at radius 2 is 1.57 bits per heavy atom. The van der Waals surface area contributed by atoms with Crippen LogP contribution in [0, 0.1) is 29.0 Å². The quantitative estimate of drug-likeness (QED) is 0.0486. The second-order valence-electron chi connectivity index (χ2n) is 14.5.